The second-order valence-corrected chi connectivity index (χ2v) is 5.52. The molecule has 0 atom stereocenters. The Morgan fingerprint density at radius 3 is 2.68 bits per heavy atom. The van der Waals surface area contributed by atoms with Crippen LogP contribution >= 0.6 is 0 Å². The third-order valence-corrected chi connectivity index (χ3v) is 3.78. The molecule has 0 unspecified atom stereocenters. The summed E-state index contributed by atoms with van der Waals surface area (Å²) in [6.45, 7) is 0. The highest BCUT2D eigenvalue weighted by molar-refractivity contribution is 6.05. The van der Waals surface area contributed by atoms with E-state index in [-0.39, 0.29) is 11.5 Å². The van der Waals surface area contributed by atoms with Crippen molar-refractivity contribution in [3.63, 3.8) is 0 Å². The predicted octanol–water partition coefficient (Wildman–Crippen LogP) is 4.02. The molecule has 2 heterocycles. The molecule has 0 radical (unpaired) electrons. The van der Waals surface area contributed by atoms with Gasteiger partial charge in [-0.05, 0) is 48.5 Å². The molecule has 0 spiro atoms. The molecule has 1 amide bonds. The van der Waals surface area contributed by atoms with E-state index in [0.29, 0.717) is 5.69 Å². The van der Waals surface area contributed by atoms with Gasteiger partial charge in [-0.3, -0.25) is 9.78 Å². The minimum atomic E-state index is -0.446. The molecule has 0 aliphatic heterocycles. The Hall–Kier alpha value is -3.54. The molecule has 2 aromatic heterocycles. The van der Waals surface area contributed by atoms with Gasteiger partial charge in [0.05, 0.1) is 11.0 Å². The first-order chi connectivity index (χ1) is 12.2. The number of carbonyl (C=O) groups excluding carboxylic acids is 1. The number of aromatic amines is 1. The number of fused-ring (bicyclic) bond motifs is 1. The largest absolute Gasteiger partial charge is 0.338 e. The van der Waals surface area contributed by atoms with Crippen molar-refractivity contribution in [3.05, 3.63) is 78.4 Å². The van der Waals surface area contributed by atoms with Gasteiger partial charge in [0.25, 0.3) is 5.91 Å². The summed E-state index contributed by atoms with van der Waals surface area (Å²) in [5.74, 6) is -0.0857. The van der Waals surface area contributed by atoms with Crippen LogP contribution in [-0.2, 0) is 0 Å². The van der Waals surface area contributed by atoms with Gasteiger partial charge in [0.15, 0.2) is 0 Å². The number of pyridine rings is 1. The van der Waals surface area contributed by atoms with E-state index in [4.69, 9.17) is 0 Å². The topological polar surface area (TPSA) is 70.7 Å². The number of anilines is 1. The zero-order chi connectivity index (χ0) is 17.2. The molecule has 122 valence electrons. The molecule has 25 heavy (non-hydrogen) atoms. The van der Waals surface area contributed by atoms with Crippen LogP contribution < -0.4 is 5.32 Å². The highest BCUT2D eigenvalue weighted by Gasteiger charge is 2.09. The lowest BCUT2D eigenvalue weighted by Gasteiger charge is -2.05. The number of halogens is 1. The van der Waals surface area contributed by atoms with Gasteiger partial charge in [-0.15, -0.1) is 0 Å². The van der Waals surface area contributed by atoms with E-state index >= 15 is 0 Å². The van der Waals surface area contributed by atoms with Crippen molar-refractivity contribution in [2.75, 3.05) is 5.32 Å². The maximum absolute atomic E-state index is 13.2. The number of H-pyrrole nitrogens is 1. The highest BCUT2D eigenvalue weighted by Crippen LogP contribution is 2.22. The molecular weight excluding hydrogens is 319 g/mol. The Labute approximate surface area is 142 Å². The molecule has 4 aromatic rings. The van der Waals surface area contributed by atoms with Crippen LogP contribution in [0.2, 0.25) is 0 Å². The average molecular weight is 332 g/mol. The molecule has 6 heteroatoms. The van der Waals surface area contributed by atoms with Crippen molar-refractivity contribution in [1.82, 2.24) is 15.0 Å². The van der Waals surface area contributed by atoms with Gasteiger partial charge in [-0.25, -0.2) is 9.37 Å². The van der Waals surface area contributed by atoms with Crippen molar-refractivity contribution >= 4 is 22.6 Å². The summed E-state index contributed by atoms with van der Waals surface area (Å²) in [5, 5.41) is 2.76. The van der Waals surface area contributed by atoms with Crippen molar-refractivity contribution in [1.29, 1.82) is 0 Å². The molecule has 4 rings (SSSR count). The van der Waals surface area contributed by atoms with Crippen LogP contribution in [0.5, 0.6) is 0 Å². The Morgan fingerprint density at radius 2 is 1.88 bits per heavy atom. The third kappa shape index (κ3) is 3.10. The first kappa shape index (κ1) is 15.0. The number of amides is 1. The SMILES string of the molecule is O=C(Nc1ccc2nc(-c3ccncc3)[nH]c2c1)c1cccc(F)c1. The fourth-order valence-electron chi connectivity index (χ4n) is 2.57. The first-order valence-corrected chi connectivity index (χ1v) is 7.66. The normalized spacial score (nSPS) is 10.8. The van der Waals surface area contributed by atoms with Gasteiger partial charge in [0.2, 0.25) is 0 Å². The Morgan fingerprint density at radius 1 is 1.04 bits per heavy atom. The zero-order valence-electron chi connectivity index (χ0n) is 13.0. The summed E-state index contributed by atoms with van der Waals surface area (Å²) in [5.41, 5.74) is 3.38. The van der Waals surface area contributed by atoms with Gasteiger partial charge in [0, 0.05) is 29.2 Å². The second kappa shape index (κ2) is 6.16. The number of rotatable bonds is 3. The van der Waals surface area contributed by atoms with E-state index in [1.54, 1.807) is 30.6 Å². The molecule has 2 N–H and O–H groups in total. The number of hydrogen-bond donors (Lipinski definition) is 2. The van der Waals surface area contributed by atoms with E-state index in [1.807, 2.05) is 18.2 Å². The highest BCUT2D eigenvalue weighted by atomic mass is 19.1. The number of hydrogen-bond acceptors (Lipinski definition) is 3. The van der Waals surface area contributed by atoms with Gasteiger partial charge in [-0.1, -0.05) is 6.07 Å². The zero-order valence-corrected chi connectivity index (χ0v) is 13.0. The molecule has 0 aliphatic rings. The molecule has 0 saturated heterocycles. The number of nitrogens with zero attached hydrogens (tertiary/aromatic N) is 2. The summed E-state index contributed by atoms with van der Waals surface area (Å²) >= 11 is 0. The standard InChI is InChI=1S/C19H13FN4O/c20-14-3-1-2-13(10-14)19(25)22-15-4-5-16-17(11-15)24-18(23-16)12-6-8-21-9-7-12/h1-11H,(H,22,25)(H,23,24). The van der Waals surface area contributed by atoms with E-state index in [2.05, 4.69) is 20.3 Å². The van der Waals surface area contributed by atoms with Crippen LogP contribution in [0, 0.1) is 5.82 Å². The van der Waals surface area contributed by atoms with Gasteiger partial charge in [-0.2, -0.15) is 0 Å². The molecule has 5 nitrogen and oxygen atoms in total. The Bertz CT molecular complexity index is 1060. The average Bonchev–Trinajstić information content (AvgIpc) is 3.06. The molecule has 0 saturated carbocycles. The monoisotopic (exact) mass is 332 g/mol. The lowest BCUT2D eigenvalue weighted by molar-refractivity contribution is 0.102. The number of benzene rings is 2. The minimum Gasteiger partial charge on any atom is -0.338 e. The van der Waals surface area contributed by atoms with E-state index in [0.717, 1.165) is 22.4 Å². The number of nitrogens with one attached hydrogen (secondary N) is 2. The van der Waals surface area contributed by atoms with Crippen LogP contribution in [0.15, 0.2) is 67.0 Å². The van der Waals surface area contributed by atoms with Crippen LogP contribution in [0.4, 0.5) is 10.1 Å². The van der Waals surface area contributed by atoms with Crippen molar-refractivity contribution in [2.45, 2.75) is 0 Å². The van der Waals surface area contributed by atoms with Crippen LogP contribution in [0.3, 0.4) is 0 Å². The first-order valence-electron chi connectivity index (χ1n) is 7.66. The minimum absolute atomic E-state index is 0.266. The molecular formula is C19H13FN4O. The maximum Gasteiger partial charge on any atom is 0.255 e. The summed E-state index contributed by atoms with van der Waals surface area (Å²) in [6, 6.07) is 14.7. The number of imidazole rings is 1. The molecule has 0 fully saturated rings. The van der Waals surface area contributed by atoms with Gasteiger partial charge < -0.3 is 10.3 Å². The third-order valence-electron chi connectivity index (χ3n) is 3.78. The summed E-state index contributed by atoms with van der Waals surface area (Å²) in [4.78, 5) is 24.0. The van der Waals surface area contributed by atoms with Crippen LogP contribution in [0.25, 0.3) is 22.4 Å². The van der Waals surface area contributed by atoms with Crippen LogP contribution in [-0.4, -0.2) is 20.9 Å². The van der Waals surface area contributed by atoms with E-state index in [9.17, 15) is 9.18 Å². The summed E-state index contributed by atoms with van der Waals surface area (Å²) < 4.78 is 13.2. The summed E-state index contributed by atoms with van der Waals surface area (Å²) in [7, 11) is 0. The maximum atomic E-state index is 13.2. The fraction of sp³-hybridized carbons (Fsp3) is 0. The second-order valence-electron chi connectivity index (χ2n) is 5.52. The molecule has 0 bridgehead atoms. The van der Waals surface area contributed by atoms with Crippen molar-refractivity contribution < 1.29 is 9.18 Å². The van der Waals surface area contributed by atoms with Crippen molar-refractivity contribution in [2.24, 2.45) is 0 Å². The molecule has 0 aliphatic carbocycles. The molecule has 2 aromatic carbocycles. The fourth-order valence-corrected chi connectivity index (χ4v) is 2.57. The summed E-state index contributed by atoms with van der Waals surface area (Å²) in [6.07, 6.45) is 3.40. The Kier molecular flexibility index (Phi) is 3.70. The quantitative estimate of drug-likeness (QED) is 0.595. The predicted molar refractivity (Wildman–Crippen MR) is 93.7 cm³/mol. The van der Waals surface area contributed by atoms with E-state index in [1.165, 1.54) is 18.2 Å². The number of aromatic nitrogens is 3. The van der Waals surface area contributed by atoms with E-state index < -0.39 is 5.82 Å². The van der Waals surface area contributed by atoms with Crippen molar-refractivity contribution in [3.8, 4) is 11.4 Å². The van der Waals surface area contributed by atoms with Gasteiger partial charge in [0.1, 0.15) is 11.6 Å². The van der Waals surface area contributed by atoms with Gasteiger partial charge >= 0.3 is 0 Å². The van der Waals surface area contributed by atoms with Crippen LogP contribution in [0.1, 0.15) is 10.4 Å². The lowest BCUT2D eigenvalue weighted by atomic mass is 10.2. The number of carbonyl (C=O) groups is 1. The smallest absolute Gasteiger partial charge is 0.255 e. The Balaban J connectivity index is 1.62. The lowest BCUT2D eigenvalue weighted by Crippen LogP contribution is -2.11.